The standard InChI is InChI=1S/C6H10O8S2/c7-5(8)3-15(11,12)1-2-16(13,14)4-6(9)10/h1-4H2,(H,7,8)(H,9,10). The van der Waals surface area contributed by atoms with E-state index in [-0.39, 0.29) is 0 Å². The minimum atomic E-state index is -4.02. The zero-order valence-corrected chi connectivity index (χ0v) is 9.62. The molecule has 0 amide bonds. The summed E-state index contributed by atoms with van der Waals surface area (Å²) in [5, 5.41) is 16.4. The third kappa shape index (κ3) is 7.17. The molecule has 0 aliphatic heterocycles. The van der Waals surface area contributed by atoms with Crippen LogP contribution in [0.15, 0.2) is 0 Å². The summed E-state index contributed by atoms with van der Waals surface area (Å²) in [6.07, 6.45) is 0. The monoisotopic (exact) mass is 274 g/mol. The van der Waals surface area contributed by atoms with Gasteiger partial charge in [-0.3, -0.25) is 9.59 Å². The molecule has 0 heterocycles. The lowest BCUT2D eigenvalue weighted by Gasteiger charge is -2.01. The number of carboxylic acids is 2. The van der Waals surface area contributed by atoms with Crippen LogP contribution in [0.25, 0.3) is 0 Å². The van der Waals surface area contributed by atoms with E-state index in [0.29, 0.717) is 0 Å². The van der Waals surface area contributed by atoms with E-state index in [1.807, 2.05) is 0 Å². The molecular formula is C6H10O8S2. The van der Waals surface area contributed by atoms with Crippen LogP contribution < -0.4 is 0 Å². The summed E-state index contributed by atoms with van der Waals surface area (Å²) in [5.41, 5.74) is 0. The van der Waals surface area contributed by atoms with E-state index in [4.69, 9.17) is 10.2 Å². The second-order valence-electron chi connectivity index (χ2n) is 2.97. The Hall–Kier alpha value is -1.16. The summed E-state index contributed by atoms with van der Waals surface area (Å²) >= 11 is 0. The van der Waals surface area contributed by atoms with Gasteiger partial charge >= 0.3 is 11.9 Å². The average molecular weight is 274 g/mol. The van der Waals surface area contributed by atoms with E-state index in [9.17, 15) is 26.4 Å². The quantitative estimate of drug-likeness (QED) is 0.541. The fraction of sp³-hybridized carbons (Fsp3) is 0.667. The number of aliphatic carboxylic acids is 2. The third-order valence-corrected chi connectivity index (χ3v) is 4.68. The molecule has 0 aliphatic carbocycles. The van der Waals surface area contributed by atoms with Crippen molar-refractivity contribution in [1.29, 1.82) is 0 Å². The van der Waals surface area contributed by atoms with Crippen LogP contribution in [0.4, 0.5) is 0 Å². The number of carboxylic acid groups (broad SMARTS) is 2. The maximum Gasteiger partial charge on any atom is 0.318 e. The summed E-state index contributed by atoms with van der Waals surface area (Å²) in [6.45, 7) is 0. The molecule has 0 saturated carbocycles. The van der Waals surface area contributed by atoms with Crippen molar-refractivity contribution in [3.05, 3.63) is 0 Å². The third-order valence-electron chi connectivity index (χ3n) is 1.39. The Morgan fingerprint density at radius 3 is 1.19 bits per heavy atom. The van der Waals surface area contributed by atoms with Crippen LogP contribution in [-0.4, -0.2) is 62.0 Å². The summed E-state index contributed by atoms with van der Waals surface area (Å²) < 4.78 is 43.9. The van der Waals surface area contributed by atoms with Crippen molar-refractivity contribution in [3.63, 3.8) is 0 Å². The Balaban J connectivity index is 4.46. The minimum Gasteiger partial charge on any atom is -0.480 e. The molecule has 10 heteroatoms. The van der Waals surface area contributed by atoms with Gasteiger partial charge in [0.25, 0.3) is 0 Å². The fourth-order valence-corrected chi connectivity index (χ4v) is 3.85. The predicted octanol–water partition coefficient (Wildman–Crippen LogP) is -2.01. The average Bonchev–Trinajstić information content (AvgIpc) is 1.96. The van der Waals surface area contributed by atoms with Crippen LogP contribution in [0.5, 0.6) is 0 Å². The number of sulfone groups is 2. The lowest BCUT2D eigenvalue weighted by atomic mass is 10.8. The van der Waals surface area contributed by atoms with Crippen molar-refractivity contribution in [2.45, 2.75) is 0 Å². The molecule has 0 bridgehead atoms. The van der Waals surface area contributed by atoms with Gasteiger partial charge in [0.05, 0.1) is 11.5 Å². The van der Waals surface area contributed by atoms with E-state index in [2.05, 4.69) is 0 Å². The molecule has 0 atom stereocenters. The molecular weight excluding hydrogens is 264 g/mol. The van der Waals surface area contributed by atoms with Gasteiger partial charge in [-0.05, 0) is 0 Å². The summed E-state index contributed by atoms with van der Waals surface area (Å²) in [4.78, 5) is 20.2. The Labute approximate surface area is 91.7 Å². The van der Waals surface area contributed by atoms with E-state index < -0.39 is 54.6 Å². The van der Waals surface area contributed by atoms with Crippen LogP contribution in [-0.2, 0) is 29.3 Å². The smallest absolute Gasteiger partial charge is 0.318 e. The maximum atomic E-state index is 11.0. The van der Waals surface area contributed by atoms with Gasteiger partial charge in [0.1, 0.15) is 11.5 Å². The largest absolute Gasteiger partial charge is 0.480 e. The second kappa shape index (κ2) is 5.25. The van der Waals surface area contributed by atoms with Gasteiger partial charge in [-0.2, -0.15) is 0 Å². The van der Waals surface area contributed by atoms with Crippen LogP contribution in [0.1, 0.15) is 0 Å². The van der Waals surface area contributed by atoms with Gasteiger partial charge in [0.15, 0.2) is 19.7 Å². The van der Waals surface area contributed by atoms with Crippen LogP contribution >= 0.6 is 0 Å². The molecule has 0 fully saturated rings. The Morgan fingerprint density at radius 2 is 1.00 bits per heavy atom. The number of hydrogen-bond donors (Lipinski definition) is 2. The Morgan fingerprint density at radius 1 is 0.750 bits per heavy atom. The first-order valence-corrected chi connectivity index (χ1v) is 7.53. The summed E-state index contributed by atoms with van der Waals surface area (Å²) in [6, 6.07) is 0. The molecule has 8 nitrogen and oxygen atoms in total. The van der Waals surface area contributed by atoms with E-state index in [1.165, 1.54) is 0 Å². The molecule has 2 N–H and O–H groups in total. The lowest BCUT2D eigenvalue weighted by molar-refractivity contribution is -0.135. The highest BCUT2D eigenvalue weighted by Gasteiger charge is 2.22. The molecule has 16 heavy (non-hydrogen) atoms. The Kier molecular flexibility index (Phi) is 4.87. The van der Waals surface area contributed by atoms with Crippen molar-refractivity contribution in [2.75, 3.05) is 23.0 Å². The first-order chi connectivity index (χ1) is 7.04. The maximum absolute atomic E-state index is 11.0. The first-order valence-electron chi connectivity index (χ1n) is 3.88. The first kappa shape index (κ1) is 14.8. The highest BCUT2D eigenvalue weighted by atomic mass is 32.2. The zero-order chi connectivity index (χ0) is 13.0. The van der Waals surface area contributed by atoms with Gasteiger partial charge in [0.2, 0.25) is 0 Å². The number of carbonyl (C=O) groups is 2. The normalized spacial score (nSPS) is 12.2. The predicted molar refractivity (Wildman–Crippen MR) is 52.6 cm³/mol. The van der Waals surface area contributed by atoms with Gasteiger partial charge < -0.3 is 10.2 Å². The van der Waals surface area contributed by atoms with Crippen LogP contribution in [0.3, 0.4) is 0 Å². The lowest BCUT2D eigenvalue weighted by Crippen LogP contribution is -2.26. The summed E-state index contributed by atoms with van der Waals surface area (Å²) in [7, 11) is -8.04. The topological polar surface area (TPSA) is 143 Å². The van der Waals surface area contributed by atoms with Gasteiger partial charge in [-0.15, -0.1) is 0 Å². The molecule has 0 saturated heterocycles. The molecule has 0 unspecified atom stereocenters. The molecule has 0 aromatic rings. The van der Waals surface area contributed by atoms with Crippen molar-refractivity contribution < 1.29 is 36.6 Å². The van der Waals surface area contributed by atoms with Crippen LogP contribution in [0.2, 0.25) is 0 Å². The van der Waals surface area contributed by atoms with Gasteiger partial charge in [0, 0.05) is 0 Å². The van der Waals surface area contributed by atoms with Gasteiger partial charge in [-0.25, -0.2) is 16.8 Å². The molecule has 0 aromatic carbocycles. The van der Waals surface area contributed by atoms with E-state index in [1.54, 1.807) is 0 Å². The van der Waals surface area contributed by atoms with Crippen molar-refractivity contribution in [1.82, 2.24) is 0 Å². The molecule has 0 rings (SSSR count). The highest BCUT2D eigenvalue weighted by Crippen LogP contribution is 1.96. The number of rotatable bonds is 7. The van der Waals surface area contributed by atoms with Crippen molar-refractivity contribution in [2.24, 2.45) is 0 Å². The molecule has 0 aromatic heterocycles. The van der Waals surface area contributed by atoms with Crippen molar-refractivity contribution in [3.8, 4) is 0 Å². The van der Waals surface area contributed by atoms with E-state index in [0.717, 1.165) is 0 Å². The minimum absolute atomic E-state index is 0.894. The van der Waals surface area contributed by atoms with Gasteiger partial charge in [-0.1, -0.05) is 0 Å². The van der Waals surface area contributed by atoms with Crippen LogP contribution in [0, 0.1) is 0 Å². The molecule has 94 valence electrons. The summed E-state index contributed by atoms with van der Waals surface area (Å²) in [5.74, 6) is -7.30. The highest BCUT2D eigenvalue weighted by molar-refractivity contribution is 7.95. The van der Waals surface area contributed by atoms with E-state index >= 15 is 0 Å². The SMILES string of the molecule is O=C(O)CS(=O)(=O)CCS(=O)(=O)CC(=O)O. The second-order valence-corrected chi connectivity index (χ2v) is 7.34. The molecule has 0 spiro atoms. The molecule has 0 aliphatic rings. The Bertz CT molecular complexity index is 425. The van der Waals surface area contributed by atoms with Crippen molar-refractivity contribution >= 4 is 31.6 Å². The number of hydrogen-bond acceptors (Lipinski definition) is 6. The zero-order valence-electron chi connectivity index (χ0n) is 7.99. The fourth-order valence-electron chi connectivity index (χ4n) is 0.775. The molecule has 0 radical (unpaired) electrons.